The van der Waals surface area contributed by atoms with E-state index in [1.807, 2.05) is 51.3 Å². The molecule has 8 nitrogen and oxygen atoms in total. The number of rotatable bonds is 0. The van der Waals surface area contributed by atoms with Gasteiger partial charge in [-0.05, 0) is 92.2 Å². The number of carbonyl (C=O) groups excluding carboxylic acids is 2. The average molecular weight is 453 g/mol. The summed E-state index contributed by atoms with van der Waals surface area (Å²) < 4.78 is 10.9. The Balaban J connectivity index is 0.000000181. The largest absolute Gasteiger partial charge is 0.444 e. The quantitative estimate of drug-likeness (QED) is 0.587. The highest BCUT2D eigenvalue weighted by Gasteiger charge is 2.37. The van der Waals surface area contributed by atoms with E-state index < -0.39 is 11.2 Å². The van der Waals surface area contributed by atoms with Crippen molar-refractivity contribution in [2.75, 3.05) is 39.3 Å². The Bertz CT molecular complexity index is 593. The van der Waals surface area contributed by atoms with Crippen molar-refractivity contribution < 1.29 is 19.1 Å². The van der Waals surface area contributed by atoms with Crippen molar-refractivity contribution in [2.45, 2.75) is 90.5 Å². The van der Waals surface area contributed by atoms with Crippen molar-refractivity contribution in [3.05, 3.63) is 0 Å². The molecule has 2 amide bonds. The van der Waals surface area contributed by atoms with Crippen LogP contribution in [0.15, 0.2) is 0 Å². The maximum absolute atomic E-state index is 12.0. The van der Waals surface area contributed by atoms with Crippen molar-refractivity contribution in [1.29, 1.82) is 0 Å². The molecular weight excluding hydrogens is 408 g/mol. The number of ether oxygens (including phenoxy) is 2. The van der Waals surface area contributed by atoms with Crippen LogP contribution < -0.4 is 10.6 Å². The highest BCUT2D eigenvalue weighted by Crippen LogP contribution is 2.27. The molecule has 4 atom stereocenters. The SMILES string of the molecule is CC(C)(C)OC(=O)N1C[C@@H]2CC[C@H]1CNC2.CC(C)(C)OC(=O)N1C[C@H]2CC[C@@H]1CNC2. The predicted molar refractivity (Wildman–Crippen MR) is 125 cm³/mol. The maximum Gasteiger partial charge on any atom is 0.410 e. The molecule has 4 bridgehead atoms. The van der Waals surface area contributed by atoms with Crippen molar-refractivity contribution in [1.82, 2.24) is 20.4 Å². The molecule has 0 aromatic heterocycles. The van der Waals surface area contributed by atoms with Gasteiger partial charge in [-0.15, -0.1) is 0 Å². The smallest absolute Gasteiger partial charge is 0.410 e. The molecule has 6 fully saturated rings. The number of amides is 2. The lowest BCUT2D eigenvalue weighted by Crippen LogP contribution is -2.49. The van der Waals surface area contributed by atoms with Crippen LogP contribution in [0.4, 0.5) is 9.59 Å². The predicted octanol–water partition coefficient (Wildman–Crippen LogP) is 3.21. The van der Waals surface area contributed by atoms with E-state index in [1.54, 1.807) is 0 Å². The van der Waals surface area contributed by atoms with Gasteiger partial charge in [0.05, 0.1) is 0 Å². The molecule has 6 aliphatic rings. The summed E-state index contributed by atoms with van der Waals surface area (Å²) in [6.45, 7) is 17.1. The van der Waals surface area contributed by atoms with Crippen molar-refractivity contribution in [3.63, 3.8) is 0 Å². The third kappa shape index (κ3) is 7.24. The van der Waals surface area contributed by atoms with E-state index >= 15 is 0 Å². The van der Waals surface area contributed by atoms with E-state index in [9.17, 15) is 9.59 Å². The Hall–Kier alpha value is -1.54. The second-order valence-corrected chi connectivity index (χ2v) is 11.8. The topological polar surface area (TPSA) is 83.1 Å². The Kier molecular flexibility index (Phi) is 7.97. The molecule has 0 radical (unpaired) electrons. The van der Waals surface area contributed by atoms with Crippen LogP contribution in [0.1, 0.15) is 67.2 Å². The number of fused-ring (bicyclic) bond motifs is 8. The molecule has 0 unspecified atom stereocenters. The lowest BCUT2D eigenvalue weighted by atomic mass is 9.95. The molecule has 6 heterocycles. The first-order valence-electron chi connectivity index (χ1n) is 12.3. The fraction of sp³-hybridized carbons (Fsp3) is 0.917. The zero-order valence-electron chi connectivity index (χ0n) is 20.9. The normalized spacial score (nSPS) is 30.1. The minimum absolute atomic E-state index is 0.147. The van der Waals surface area contributed by atoms with Crippen LogP contribution >= 0.6 is 0 Å². The van der Waals surface area contributed by atoms with Gasteiger partial charge in [-0.1, -0.05) is 0 Å². The third-order valence-electron chi connectivity index (χ3n) is 6.49. The van der Waals surface area contributed by atoms with Crippen LogP contribution in [0.2, 0.25) is 0 Å². The molecule has 6 rings (SSSR count). The molecule has 0 spiro atoms. The molecule has 184 valence electrons. The number of piperidine rings is 2. The highest BCUT2D eigenvalue weighted by molar-refractivity contribution is 5.69. The number of nitrogens with zero attached hydrogens (tertiary/aromatic N) is 2. The number of hydrogen-bond acceptors (Lipinski definition) is 6. The minimum atomic E-state index is -0.393. The molecule has 8 heteroatoms. The van der Waals surface area contributed by atoms with Gasteiger partial charge < -0.3 is 29.9 Å². The van der Waals surface area contributed by atoms with Crippen molar-refractivity contribution >= 4 is 12.2 Å². The minimum Gasteiger partial charge on any atom is -0.444 e. The van der Waals surface area contributed by atoms with Gasteiger partial charge in [-0.3, -0.25) is 0 Å². The van der Waals surface area contributed by atoms with Crippen LogP contribution in [-0.4, -0.2) is 84.5 Å². The first-order valence-corrected chi connectivity index (χ1v) is 12.3. The highest BCUT2D eigenvalue weighted by atomic mass is 16.6. The zero-order valence-corrected chi connectivity index (χ0v) is 20.9. The van der Waals surface area contributed by atoms with Gasteiger partial charge in [0.15, 0.2) is 0 Å². The summed E-state index contributed by atoms with van der Waals surface area (Å²) in [6, 6.07) is 0.655. The molecule has 0 aromatic carbocycles. The summed E-state index contributed by atoms with van der Waals surface area (Å²) in [7, 11) is 0. The summed E-state index contributed by atoms with van der Waals surface area (Å²) in [5, 5.41) is 6.82. The van der Waals surface area contributed by atoms with Gasteiger partial charge in [0, 0.05) is 38.3 Å². The van der Waals surface area contributed by atoms with Gasteiger partial charge in [0.2, 0.25) is 0 Å². The van der Waals surface area contributed by atoms with Crippen LogP contribution in [0.25, 0.3) is 0 Å². The Morgan fingerprint density at radius 2 is 1.03 bits per heavy atom. The van der Waals surface area contributed by atoms with Crippen LogP contribution in [0.5, 0.6) is 0 Å². The van der Waals surface area contributed by atoms with Crippen LogP contribution in [-0.2, 0) is 9.47 Å². The Morgan fingerprint density at radius 3 is 1.38 bits per heavy atom. The first kappa shape index (κ1) is 25.1. The summed E-state index contributed by atoms with van der Waals surface area (Å²) in [4.78, 5) is 27.9. The fourth-order valence-corrected chi connectivity index (χ4v) is 4.96. The van der Waals surface area contributed by atoms with E-state index in [0.717, 1.165) is 52.1 Å². The zero-order chi connectivity index (χ0) is 23.5. The van der Waals surface area contributed by atoms with Gasteiger partial charge in [-0.25, -0.2) is 9.59 Å². The molecule has 32 heavy (non-hydrogen) atoms. The lowest BCUT2D eigenvalue weighted by molar-refractivity contribution is 0.00704. The third-order valence-corrected chi connectivity index (χ3v) is 6.49. The van der Waals surface area contributed by atoms with E-state index in [1.165, 1.54) is 12.8 Å². The fourth-order valence-electron chi connectivity index (χ4n) is 4.96. The molecule has 0 aromatic rings. The van der Waals surface area contributed by atoms with Crippen LogP contribution in [0, 0.1) is 11.8 Å². The monoisotopic (exact) mass is 452 g/mol. The second-order valence-electron chi connectivity index (χ2n) is 11.8. The first-order chi connectivity index (χ1) is 14.9. The lowest BCUT2D eigenvalue weighted by Gasteiger charge is -2.37. The summed E-state index contributed by atoms with van der Waals surface area (Å²) in [6.07, 6.45) is 4.39. The second kappa shape index (κ2) is 10.2. The Morgan fingerprint density at radius 1 is 0.656 bits per heavy atom. The summed E-state index contributed by atoms with van der Waals surface area (Å²) in [5.74, 6) is 1.21. The van der Waals surface area contributed by atoms with Crippen molar-refractivity contribution in [3.8, 4) is 0 Å². The van der Waals surface area contributed by atoms with E-state index in [2.05, 4.69) is 10.6 Å². The van der Waals surface area contributed by atoms with Gasteiger partial charge in [0.25, 0.3) is 0 Å². The van der Waals surface area contributed by atoms with Crippen LogP contribution in [0.3, 0.4) is 0 Å². The molecule has 2 N–H and O–H groups in total. The van der Waals surface area contributed by atoms with E-state index in [0.29, 0.717) is 23.9 Å². The maximum atomic E-state index is 12.0. The molecule has 0 aliphatic carbocycles. The molecular formula is C24H44N4O4. The summed E-state index contributed by atoms with van der Waals surface area (Å²) >= 11 is 0. The number of carbonyl (C=O) groups is 2. The number of hydrogen-bond donors (Lipinski definition) is 2. The molecule has 6 saturated heterocycles. The van der Waals surface area contributed by atoms with Gasteiger partial charge >= 0.3 is 12.2 Å². The Labute approximate surface area is 193 Å². The van der Waals surface area contributed by atoms with E-state index in [4.69, 9.17) is 9.47 Å². The van der Waals surface area contributed by atoms with Gasteiger partial charge in [0.1, 0.15) is 11.2 Å². The average Bonchev–Trinajstić information content (AvgIpc) is 3.19. The van der Waals surface area contributed by atoms with E-state index in [-0.39, 0.29) is 12.2 Å². The van der Waals surface area contributed by atoms with Gasteiger partial charge in [-0.2, -0.15) is 0 Å². The molecule has 6 aliphatic heterocycles. The number of nitrogens with one attached hydrogen (secondary N) is 2. The van der Waals surface area contributed by atoms with Crippen molar-refractivity contribution in [2.24, 2.45) is 11.8 Å². The molecule has 0 saturated carbocycles. The standard InChI is InChI=1S/2C12H22N2O2/c2*1-12(2,3)16-11(15)14-8-9-4-5-10(14)7-13-6-9/h2*9-10,13H,4-8H2,1-3H3/t2*9-,10+/m10/s1. The summed E-state index contributed by atoms with van der Waals surface area (Å²) in [5.41, 5.74) is -0.786.